The molecule has 112 valence electrons. The van der Waals surface area contributed by atoms with Crippen molar-refractivity contribution in [3.63, 3.8) is 0 Å². The third-order valence-corrected chi connectivity index (χ3v) is 3.86. The van der Waals surface area contributed by atoms with Gasteiger partial charge in [0.15, 0.2) is 5.82 Å². The van der Waals surface area contributed by atoms with Crippen molar-refractivity contribution in [1.29, 1.82) is 0 Å². The fourth-order valence-electron chi connectivity index (χ4n) is 2.80. The molecule has 1 atom stereocenters. The van der Waals surface area contributed by atoms with Gasteiger partial charge in [0.2, 0.25) is 0 Å². The summed E-state index contributed by atoms with van der Waals surface area (Å²) in [6.07, 6.45) is -2.14. The SMILES string of the molecule is CC1CCCn2nc(Cc3ccccc3C(F)(F)F)nc21. The summed E-state index contributed by atoms with van der Waals surface area (Å²) < 4.78 is 40.8. The quantitative estimate of drug-likeness (QED) is 0.844. The molecule has 3 rings (SSSR count). The normalized spacial score (nSPS) is 18.6. The van der Waals surface area contributed by atoms with Crippen LogP contribution in [0.25, 0.3) is 0 Å². The second kappa shape index (κ2) is 5.16. The maximum absolute atomic E-state index is 13.0. The van der Waals surface area contributed by atoms with Crippen molar-refractivity contribution in [2.24, 2.45) is 0 Å². The summed E-state index contributed by atoms with van der Waals surface area (Å²) in [5.41, 5.74) is -0.383. The van der Waals surface area contributed by atoms with Gasteiger partial charge in [0.1, 0.15) is 5.82 Å². The fraction of sp³-hybridized carbons (Fsp3) is 0.467. The van der Waals surface area contributed by atoms with Gasteiger partial charge in [0.05, 0.1) is 5.56 Å². The Morgan fingerprint density at radius 1 is 1.29 bits per heavy atom. The van der Waals surface area contributed by atoms with Crippen molar-refractivity contribution in [2.45, 2.75) is 44.8 Å². The molecule has 2 aromatic rings. The van der Waals surface area contributed by atoms with Crippen LogP contribution in [0.5, 0.6) is 0 Å². The summed E-state index contributed by atoms with van der Waals surface area (Å²) in [7, 11) is 0. The first-order chi connectivity index (χ1) is 9.95. The summed E-state index contributed by atoms with van der Waals surface area (Å²) in [6.45, 7) is 2.88. The Labute approximate surface area is 120 Å². The third-order valence-electron chi connectivity index (χ3n) is 3.86. The van der Waals surface area contributed by atoms with Gasteiger partial charge in [-0.25, -0.2) is 9.67 Å². The molecule has 0 bridgehead atoms. The van der Waals surface area contributed by atoms with E-state index in [4.69, 9.17) is 0 Å². The Kier molecular flexibility index (Phi) is 3.47. The lowest BCUT2D eigenvalue weighted by atomic mass is 10.0. The number of alkyl halides is 3. The molecule has 1 unspecified atom stereocenters. The number of hydrogen-bond donors (Lipinski definition) is 0. The molecule has 0 aliphatic carbocycles. The lowest BCUT2D eigenvalue weighted by Crippen LogP contribution is -2.14. The van der Waals surface area contributed by atoms with E-state index >= 15 is 0 Å². The van der Waals surface area contributed by atoms with Crippen LogP contribution in [0.15, 0.2) is 24.3 Å². The zero-order valence-corrected chi connectivity index (χ0v) is 11.7. The largest absolute Gasteiger partial charge is 0.416 e. The highest BCUT2D eigenvalue weighted by atomic mass is 19.4. The molecule has 3 nitrogen and oxygen atoms in total. The van der Waals surface area contributed by atoms with Crippen LogP contribution >= 0.6 is 0 Å². The molecular weight excluding hydrogens is 279 g/mol. The molecular formula is C15H16F3N3. The minimum absolute atomic E-state index is 0.113. The topological polar surface area (TPSA) is 30.7 Å². The Morgan fingerprint density at radius 3 is 2.76 bits per heavy atom. The van der Waals surface area contributed by atoms with Crippen molar-refractivity contribution < 1.29 is 13.2 Å². The zero-order valence-electron chi connectivity index (χ0n) is 11.7. The molecule has 0 saturated carbocycles. The van der Waals surface area contributed by atoms with Gasteiger partial charge in [-0.3, -0.25) is 0 Å². The van der Waals surface area contributed by atoms with Gasteiger partial charge < -0.3 is 0 Å². The van der Waals surface area contributed by atoms with Crippen molar-refractivity contribution in [1.82, 2.24) is 14.8 Å². The second-order valence-electron chi connectivity index (χ2n) is 5.48. The Bertz CT molecular complexity index is 646. The van der Waals surface area contributed by atoms with Crippen LogP contribution in [0, 0.1) is 0 Å². The lowest BCUT2D eigenvalue weighted by molar-refractivity contribution is -0.138. The predicted molar refractivity (Wildman–Crippen MR) is 71.9 cm³/mol. The minimum Gasteiger partial charge on any atom is -0.250 e. The highest BCUT2D eigenvalue weighted by molar-refractivity contribution is 5.32. The van der Waals surface area contributed by atoms with E-state index in [1.165, 1.54) is 12.1 Å². The molecule has 6 heteroatoms. The average molecular weight is 295 g/mol. The van der Waals surface area contributed by atoms with E-state index in [9.17, 15) is 13.2 Å². The van der Waals surface area contributed by atoms with Crippen LogP contribution in [0.3, 0.4) is 0 Å². The van der Waals surface area contributed by atoms with E-state index < -0.39 is 11.7 Å². The third kappa shape index (κ3) is 2.80. The number of benzene rings is 1. The van der Waals surface area contributed by atoms with Gasteiger partial charge >= 0.3 is 6.18 Å². The second-order valence-corrected chi connectivity index (χ2v) is 5.48. The minimum atomic E-state index is -4.34. The van der Waals surface area contributed by atoms with Crippen LogP contribution in [-0.2, 0) is 19.1 Å². The fourth-order valence-corrected chi connectivity index (χ4v) is 2.80. The predicted octanol–water partition coefficient (Wildman–Crippen LogP) is 3.79. The maximum atomic E-state index is 13.0. The van der Waals surface area contributed by atoms with E-state index in [2.05, 4.69) is 17.0 Å². The molecule has 0 saturated heterocycles. The molecule has 1 aliphatic rings. The number of aromatic nitrogens is 3. The van der Waals surface area contributed by atoms with Crippen molar-refractivity contribution >= 4 is 0 Å². The van der Waals surface area contributed by atoms with Crippen LogP contribution in [0.4, 0.5) is 13.2 Å². The molecule has 1 aliphatic heterocycles. The standard InChI is InChI=1S/C15H16F3N3/c1-10-5-4-8-21-14(10)19-13(20-21)9-11-6-2-3-7-12(11)15(16,17)18/h2-3,6-7,10H,4-5,8-9H2,1H3. The van der Waals surface area contributed by atoms with E-state index in [1.54, 1.807) is 6.07 Å². The number of hydrogen-bond acceptors (Lipinski definition) is 2. The number of halogens is 3. The molecule has 0 fully saturated rings. The maximum Gasteiger partial charge on any atom is 0.416 e. The van der Waals surface area contributed by atoms with Crippen LogP contribution in [0.2, 0.25) is 0 Å². The van der Waals surface area contributed by atoms with E-state index in [-0.39, 0.29) is 12.0 Å². The van der Waals surface area contributed by atoms with Gasteiger partial charge in [-0.1, -0.05) is 25.1 Å². The number of aryl methyl sites for hydroxylation is 1. The van der Waals surface area contributed by atoms with Gasteiger partial charge in [-0.2, -0.15) is 18.3 Å². The molecule has 0 radical (unpaired) electrons. The van der Waals surface area contributed by atoms with Crippen molar-refractivity contribution in [3.05, 3.63) is 47.0 Å². The lowest BCUT2D eigenvalue weighted by Gasteiger charge is -2.17. The smallest absolute Gasteiger partial charge is 0.250 e. The summed E-state index contributed by atoms with van der Waals surface area (Å²) >= 11 is 0. The Hall–Kier alpha value is -1.85. The van der Waals surface area contributed by atoms with Gasteiger partial charge in [-0.15, -0.1) is 0 Å². The summed E-state index contributed by atoms with van der Waals surface area (Å²) in [6, 6.07) is 5.61. The molecule has 1 aromatic carbocycles. The average Bonchev–Trinajstić information content (AvgIpc) is 2.82. The molecule has 0 spiro atoms. The first-order valence-corrected chi connectivity index (χ1v) is 7.04. The number of rotatable bonds is 2. The van der Waals surface area contributed by atoms with Crippen molar-refractivity contribution in [3.8, 4) is 0 Å². The van der Waals surface area contributed by atoms with Gasteiger partial charge in [0, 0.05) is 18.9 Å². The van der Waals surface area contributed by atoms with E-state index in [1.807, 2.05) is 4.68 Å². The summed E-state index contributed by atoms with van der Waals surface area (Å²) in [5, 5.41) is 4.36. The monoisotopic (exact) mass is 295 g/mol. The molecule has 21 heavy (non-hydrogen) atoms. The molecule has 2 heterocycles. The molecule has 0 amide bonds. The first kappa shape index (κ1) is 14.1. The highest BCUT2D eigenvalue weighted by Crippen LogP contribution is 2.33. The van der Waals surface area contributed by atoms with Crippen LogP contribution in [0.1, 0.15) is 48.5 Å². The van der Waals surface area contributed by atoms with Crippen LogP contribution < -0.4 is 0 Å². The highest BCUT2D eigenvalue weighted by Gasteiger charge is 2.33. The van der Waals surface area contributed by atoms with Gasteiger partial charge in [-0.05, 0) is 24.5 Å². The van der Waals surface area contributed by atoms with E-state index in [0.29, 0.717) is 11.7 Å². The first-order valence-electron chi connectivity index (χ1n) is 7.04. The summed E-state index contributed by atoms with van der Waals surface area (Å²) in [5.74, 6) is 1.68. The number of nitrogens with zero attached hydrogens (tertiary/aromatic N) is 3. The Morgan fingerprint density at radius 2 is 2.05 bits per heavy atom. The van der Waals surface area contributed by atoms with Crippen molar-refractivity contribution in [2.75, 3.05) is 0 Å². The molecule has 0 N–H and O–H groups in total. The molecule has 1 aromatic heterocycles. The van der Waals surface area contributed by atoms with Gasteiger partial charge in [0.25, 0.3) is 0 Å². The van der Waals surface area contributed by atoms with Crippen LogP contribution in [-0.4, -0.2) is 14.8 Å². The Balaban J connectivity index is 1.91. The number of fused-ring (bicyclic) bond motifs is 1. The summed E-state index contributed by atoms with van der Waals surface area (Å²) in [4.78, 5) is 4.43. The van der Waals surface area contributed by atoms with E-state index in [0.717, 1.165) is 31.3 Å². The zero-order chi connectivity index (χ0) is 15.0.